The number of halogens is 1. The van der Waals surface area contributed by atoms with Crippen LogP contribution in [0.2, 0.25) is 0 Å². The Morgan fingerprint density at radius 2 is 2.22 bits per heavy atom. The summed E-state index contributed by atoms with van der Waals surface area (Å²) >= 11 is 0. The summed E-state index contributed by atoms with van der Waals surface area (Å²) in [5.41, 5.74) is 0.635. The van der Waals surface area contributed by atoms with Gasteiger partial charge in [0.1, 0.15) is 0 Å². The minimum absolute atomic E-state index is 0. The van der Waals surface area contributed by atoms with Gasteiger partial charge in [0, 0.05) is 25.0 Å². The third kappa shape index (κ3) is 3.65. The summed E-state index contributed by atoms with van der Waals surface area (Å²) in [6, 6.07) is 5.19. The minimum atomic E-state index is -3.52. The smallest absolute Gasteiger partial charge is 0.272 e. The van der Waals surface area contributed by atoms with Crippen LogP contribution in [0.25, 0.3) is 5.52 Å². The summed E-state index contributed by atoms with van der Waals surface area (Å²) in [5, 5.41) is 6.03. The van der Waals surface area contributed by atoms with E-state index in [1.54, 1.807) is 24.4 Å². The number of rotatable bonds is 3. The zero-order chi connectivity index (χ0) is 15.7. The molecule has 1 aliphatic heterocycles. The first kappa shape index (κ1) is 17.7. The molecule has 7 nitrogen and oxygen atoms in total. The number of fused-ring (bicyclic) bond motifs is 1. The van der Waals surface area contributed by atoms with Crippen LogP contribution in [-0.2, 0) is 9.84 Å². The van der Waals surface area contributed by atoms with Gasteiger partial charge in [-0.1, -0.05) is 6.07 Å². The van der Waals surface area contributed by atoms with Crippen molar-refractivity contribution in [3.63, 3.8) is 0 Å². The van der Waals surface area contributed by atoms with Crippen LogP contribution in [0.4, 0.5) is 0 Å². The van der Waals surface area contributed by atoms with E-state index < -0.39 is 9.84 Å². The molecule has 0 radical (unpaired) electrons. The first-order chi connectivity index (χ1) is 10.5. The molecule has 1 atom stereocenters. The van der Waals surface area contributed by atoms with Crippen LogP contribution in [0.1, 0.15) is 23.3 Å². The van der Waals surface area contributed by atoms with E-state index in [1.807, 2.05) is 0 Å². The van der Waals surface area contributed by atoms with Crippen LogP contribution in [0, 0.1) is 0 Å². The average molecular weight is 359 g/mol. The molecule has 3 heterocycles. The van der Waals surface area contributed by atoms with E-state index >= 15 is 0 Å². The monoisotopic (exact) mass is 358 g/mol. The first-order valence-corrected chi connectivity index (χ1v) is 9.04. The van der Waals surface area contributed by atoms with Crippen LogP contribution >= 0.6 is 12.4 Å². The number of aromatic nitrogens is 2. The van der Waals surface area contributed by atoms with Gasteiger partial charge in [-0.2, -0.15) is 0 Å². The van der Waals surface area contributed by atoms with Crippen molar-refractivity contribution in [1.82, 2.24) is 20.0 Å². The van der Waals surface area contributed by atoms with Gasteiger partial charge in [0.25, 0.3) is 5.91 Å². The van der Waals surface area contributed by atoms with Crippen molar-refractivity contribution in [2.45, 2.75) is 24.0 Å². The summed E-state index contributed by atoms with van der Waals surface area (Å²) < 4.78 is 25.1. The lowest BCUT2D eigenvalue weighted by molar-refractivity contribution is 0.0927. The van der Waals surface area contributed by atoms with Gasteiger partial charge in [-0.05, 0) is 31.5 Å². The average Bonchev–Trinajstić information content (AvgIpc) is 2.88. The van der Waals surface area contributed by atoms with Gasteiger partial charge in [-0.25, -0.2) is 13.4 Å². The molecular weight excluding hydrogens is 340 g/mol. The van der Waals surface area contributed by atoms with Gasteiger partial charge in [0.2, 0.25) is 15.0 Å². The number of carbonyl (C=O) groups excluding carboxylic acids is 1. The van der Waals surface area contributed by atoms with Crippen LogP contribution in [-0.4, -0.2) is 49.1 Å². The van der Waals surface area contributed by atoms with E-state index in [0.717, 1.165) is 32.2 Å². The van der Waals surface area contributed by atoms with Crippen molar-refractivity contribution >= 4 is 33.7 Å². The molecule has 0 unspecified atom stereocenters. The van der Waals surface area contributed by atoms with Crippen molar-refractivity contribution in [3.05, 3.63) is 30.1 Å². The highest BCUT2D eigenvalue weighted by Gasteiger charge is 2.24. The Hall–Kier alpha value is -1.64. The van der Waals surface area contributed by atoms with Crippen LogP contribution in [0.3, 0.4) is 0 Å². The quantitative estimate of drug-likeness (QED) is 0.840. The summed E-state index contributed by atoms with van der Waals surface area (Å²) in [6.07, 6.45) is 4.59. The van der Waals surface area contributed by atoms with Gasteiger partial charge < -0.3 is 10.6 Å². The molecule has 126 valence electrons. The lowest BCUT2D eigenvalue weighted by Gasteiger charge is -2.23. The SMILES string of the molecule is CS(=O)(=O)c1nc(C(=O)N[C@H]2CCCNC2)c2ccccn12.Cl. The molecule has 2 aromatic heterocycles. The molecule has 2 N–H and O–H groups in total. The molecule has 1 aliphatic rings. The zero-order valence-corrected chi connectivity index (χ0v) is 14.3. The molecule has 0 saturated carbocycles. The Morgan fingerprint density at radius 3 is 2.87 bits per heavy atom. The Morgan fingerprint density at radius 1 is 1.43 bits per heavy atom. The van der Waals surface area contributed by atoms with Gasteiger partial charge in [-0.3, -0.25) is 9.20 Å². The number of nitrogens with zero attached hydrogens (tertiary/aromatic N) is 2. The number of sulfone groups is 1. The molecule has 1 fully saturated rings. The number of hydrogen-bond donors (Lipinski definition) is 2. The summed E-state index contributed by atoms with van der Waals surface area (Å²) in [7, 11) is -3.52. The van der Waals surface area contributed by atoms with E-state index in [0.29, 0.717) is 5.52 Å². The Labute approximate surface area is 140 Å². The van der Waals surface area contributed by atoms with E-state index in [2.05, 4.69) is 15.6 Å². The molecule has 23 heavy (non-hydrogen) atoms. The summed E-state index contributed by atoms with van der Waals surface area (Å²) in [5.74, 6) is -0.340. The molecule has 1 saturated heterocycles. The van der Waals surface area contributed by atoms with Crippen LogP contribution in [0.5, 0.6) is 0 Å². The molecule has 0 spiro atoms. The van der Waals surface area contributed by atoms with Gasteiger partial charge in [-0.15, -0.1) is 12.4 Å². The van der Waals surface area contributed by atoms with Crippen molar-refractivity contribution in [2.24, 2.45) is 0 Å². The Bertz CT molecular complexity index is 813. The highest BCUT2D eigenvalue weighted by Crippen LogP contribution is 2.17. The predicted octanol–water partition coefficient (Wildman–Crippen LogP) is 0.641. The summed E-state index contributed by atoms with van der Waals surface area (Å²) in [4.78, 5) is 16.5. The highest BCUT2D eigenvalue weighted by molar-refractivity contribution is 7.90. The van der Waals surface area contributed by atoms with Gasteiger partial charge >= 0.3 is 0 Å². The van der Waals surface area contributed by atoms with Crippen molar-refractivity contribution < 1.29 is 13.2 Å². The molecule has 0 aliphatic carbocycles. The molecule has 3 rings (SSSR count). The molecule has 1 amide bonds. The topological polar surface area (TPSA) is 92.6 Å². The number of carbonyl (C=O) groups is 1. The Kier molecular flexibility index (Phi) is 5.28. The maximum Gasteiger partial charge on any atom is 0.272 e. The summed E-state index contributed by atoms with van der Waals surface area (Å²) in [6.45, 7) is 1.68. The molecule has 2 aromatic rings. The number of imidazole rings is 1. The van der Waals surface area contributed by atoms with Crippen molar-refractivity contribution in [1.29, 1.82) is 0 Å². The van der Waals surface area contributed by atoms with E-state index in [9.17, 15) is 13.2 Å². The fourth-order valence-corrected chi connectivity index (χ4v) is 3.44. The molecule has 9 heteroatoms. The second kappa shape index (κ2) is 6.86. The first-order valence-electron chi connectivity index (χ1n) is 7.15. The maximum atomic E-state index is 12.5. The number of nitrogens with one attached hydrogen (secondary N) is 2. The van der Waals surface area contributed by atoms with Gasteiger partial charge in [0.05, 0.1) is 5.52 Å². The van der Waals surface area contributed by atoms with Crippen molar-refractivity contribution in [2.75, 3.05) is 19.3 Å². The minimum Gasteiger partial charge on any atom is -0.347 e. The van der Waals surface area contributed by atoms with Crippen LogP contribution in [0.15, 0.2) is 29.6 Å². The van der Waals surface area contributed by atoms with Gasteiger partial charge in [0.15, 0.2) is 5.69 Å². The number of hydrogen-bond acceptors (Lipinski definition) is 5. The van der Waals surface area contributed by atoms with E-state index in [1.165, 1.54) is 4.40 Å². The lowest BCUT2D eigenvalue weighted by Crippen LogP contribution is -2.45. The standard InChI is InChI=1S/C14H18N4O3S.ClH/c1-22(20,21)14-17-12(11-6-2-3-8-18(11)14)13(19)16-10-5-4-7-15-9-10;/h2-3,6,8,10,15H,4-5,7,9H2,1H3,(H,16,19);1H/t10-;/m0./s1. The second-order valence-corrected chi connectivity index (χ2v) is 7.40. The van der Waals surface area contributed by atoms with E-state index in [-0.39, 0.29) is 35.2 Å². The third-order valence-electron chi connectivity index (χ3n) is 3.69. The second-order valence-electron chi connectivity index (χ2n) is 5.49. The largest absolute Gasteiger partial charge is 0.347 e. The van der Waals surface area contributed by atoms with Crippen molar-refractivity contribution in [3.8, 4) is 0 Å². The molecule has 0 bridgehead atoms. The third-order valence-corrected chi connectivity index (χ3v) is 4.65. The number of piperidine rings is 1. The normalized spacial score (nSPS) is 18.4. The number of pyridine rings is 1. The highest BCUT2D eigenvalue weighted by atomic mass is 35.5. The lowest BCUT2D eigenvalue weighted by atomic mass is 10.1. The Balaban J connectivity index is 0.00000192. The fraction of sp³-hybridized carbons (Fsp3) is 0.429. The fourth-order valence-electron chi connectivity index (χ4n) is 2.67. The zero-order valence-electron chi connectivity index (χ0n) is 12.7. The number of amides is 1. The molecule has 0 aromatic carbocycles. The van der Waals surface area contributed by atoms with Crippen LogP contribution < -0.4 is 10.6 Å². The molecular formula is C14H19ClN4O3S. The van der Waals surface area contributed by atoms with E-state index in [4.69, 9.17) is 0 Å². The predicted molar refractivity (Wildman–Crippen MR) is 88.9 cm³/mol. The maximum absolute atomic E-state index is 12.5.